The fourth-order valence-electron chi connectivity index (χ4n) is 2.36. The standard InChI is InChI=1S/C24H38OS/c1-4-7-8-9-10-11-12-13-14-15-16-17-18-19-20-21-22-23(5-2)24(26)25-6-3/h7-8,10-11,13-14,16-17,20-21,23H,4-6,9,12,15,18-19,22H2,1-3H3/b8-7-,11-10-,14-13-,17-16-,21-20+. The summed E-state index contributed by atoms with van der Waals surface area (Å²) < 4.78 is 5.45. The molecule has 26 heavy (non-hydrogen) atoms. The lowest BCUT2D eigenvalue weighted by atomic mass is 10.0. The van der Waals surface area contributed by atoms with Gasteiger partial charge in [-0.3, -0.25) is 0 Å². The highest BCUT2D eigenvalue weighted by Gasteiger charge is 2.10. The lowest BCUT2D eigenvalue weighted by Crippen LogP contribution is -2.14. The SMILES string of the molecule is CC/C=C\C/C=C\C/C=C\C/C=C\CC/C=C/CC(CC)C(=S)OCC. The smallest absolute Gasteiger partial charge is 0.163 e. The second kappa shape index (κ2) is 19.9. The number of hydrogen-bond acceptors (Lipinski definition) is 2. The number of rotatable bonds is 15. The minimum Gasteiger partial charge on any atom is -0.487 e. The van der Waals surface area contributed by atoms with Crippen molar-refractivity contribution in [3.05, 3.63) is 60.8 Å². The zero-order valence-electron chi connectivity index (χ0n) is 17.0. The molecule has 0 aliphatic heterocycles. The number of unbranched alkanes of at least 4 members (excludes halogenated alkanes) is 1. The normalized spacial score (nSPS) is 13.8. The monoisotopic (exact) mass is 374 g/mol. The molecule has 0 saturated carbocycles. The first-order valence-corrected chi connectivity index (χ1v) is 10.6. The minimum atomic E-state index is 0.374. The largest absolute Gasteiger partial charge is 0.487 e. The summed E-state index contributed by atoms with van der Waals surface area (Å²) >= 11 is 5.30. The van der Waals surface area contributed by atoms with E-state index in [2.05, 4.69) is 74.6 Å². The Morgan fingerprint density at radius 2 is 1.23 bits per heavy atom. The Kier molecular flexibility index (Phi) is 18.8. The summed E-state index contributed by atoms with van der Waals surface area (Å²) in [7, 11) is 0. The molecule has 0 aliphatic rings. The van der Waals surface area contributed by atoms with Crippen molar-refractivity contribution in [2.24, 2.45) is 5.92 Å². The Balaban J connectivity index is 3.70. The van der Waals surface area contributed by atoms with Crippen LogP contribution in [0.25, 0.3) is 0 Å². The molecule has 0 fully saturated rings. The van der Waals surface area contributed by atoms with E-state index in [1.807, 2.05) is 6.92 Å². The fraction of sp³-hybridized carbons (Fsp3) is 0.542. The molecular weight excluding hydrogens is 336 g/mol. The first kappa shape index (κ1) is 24.6. The van der Waals surface area contributed by atoms with Gasteiger partial charge in [0.1, 0.15) is 0 Å². The lowest BCUT2D eigenvalue weighted by Gasteiger charge is -2.13. The van der Waals surface area contributed by atoms with Gasteiger partial charge in [0.2, 0.25) is 0 Å². The quantitative estimate of drug-likeness (QED) is 0.164. The van der Waals surface area contributed by atoms with Gasteiger partial charge in [-0.25, -0.2) is 0 Å². The van der Waals surface area contributed by atoms with Crippen molar-refractivity contribution in [3.63, 3.8) is 0 Å². The van der Waals surface area contributed by atoms with Crippen LogP contribution < -0.4 is 0 Å². The van der Waals surface area contributed by atoms with E-state index in [4.69, 9.17) is 17.0 Å². The highest BCUT2D eigenvalue weighted by atomic mass is 32.1. The molecule has 0 saturated heterocycles. The third-order valence-electron chi connectivity index (χ3n) is 3.92. The number of thiocarbonyl (C=S) groups is 1. The molecule has 0 aliphatic carbocycles. The van der Waals surface area contributed by atoms with Crippen LogP contribution in [0.1, 0.15) is 72.1 Å². The summed E-state index contributed by atoms with van der Waals surface area (Å²) in [4.78, 5) is 0. The van der Waals surface area contributed by atoms with Gasteiger partial charge >= 0.3 is 0 Å². The Labute approximate surface area is 167 Å². The predicted octanol–water partition coefficient (Wildman–Crippen LogP) is 7.91. The van der Waals surface area contributed by atoms with E-state index < -0.39 is 0 Å². The lowest BCUT2D eigenvalue weighted by molar-refractivity contribution is 0.309. The van der Waals surface area contributed by atoms with Crippen LogP contribution in [0.15, 0.2) is 60.8 Å². The van der Waals surface area contributed by atoms with E-state index in [1.165, 1.54) is 0 Å². The van der Waals surface area contributed by atoms with Crippen LogP contribution >= 0.6 is 12.2 Å². The van der Waals surface area contributed by atoms with Crippen molar-refractivity contribution in [2.45, 2.75) is 72.1 Å². The number of allylic oxidation sites excluding steroid dienone is 10. The van der Waals surface area contributed by atoms with Crippen LogP contribution in [0.2, 0.25) is 0 Å². The average molecular weight is 375 g/mol. The average Bonchev–Trinajstić information content (AvgIpc) is 2.64. The predicted molar refractivity (Wildman–Crippen MR) is 122 cm³/mol. The summed E-state index contributed by atoms with van der Waals surface area (Å²) in [5.41, 5.74) is 0. The minimum absolute atomic E-state index is 0.374. The van der Waals surface area contributed by atoms with Gasteiger partial charge in [0.25, 0.3) is 0 Å². The van der Waals surface area contributed by atoms with Crippen molar-refractivity contribution in [3.8, 4) is 0 Å². The van der Waals surface area contributed by atoms with Crippen LogP contribution in [-0.4, -0.2) is 11.7 Å². The molecule has 0 radical (unpaired) electrons. The maximum Gasteiger partial charge on any atom is 0.163 e. The second-order valence-corrected chi connectivity index (χ2v) is 6.55. The van der Waals surface area contributed by atoms with Gasteiger partial charge in [-0.05, 0) is 70.5 Å². The first-order chi connectivity index (χ1) is 12.8. The highest BCUT2D eigenvalue weighted by Crippen LogP contribution is 2.13. The molecule has 1 atom stereocenters. The van der Waals surface area contributed by atoms with Crippen molar-refractivity contribution in [1.29, 1.82) is 0 Å². The number of ether oxygens (including phenoxy) is 1. The Bertz CT molecular complexity index is 469. The summed E-state index contributed by atoms with van der Waals surface area (Å²) in [6.07, 6.45) is 30.8. The van der Waals surface area contributed by atoms with Crippen LogP contribution in [0.3, 0.4) is 0 Å². The van der Waals surface area contributed by atoms with Crippen LogP contribution in [-0.2, 0) is 4.74 Å². The van der Waals surface area contributed by atoms with Gasteiger partial charge < -0.3 is 4.74 Å². The van der Waals surface area contributed by atoms with Crippen LogP contribution in [0.5, 0.6) is 0 Å². The molecule has 0 aromatic rings. The third kappa shape index (κ3) is 16.1. The van der Waals surface area contributed by atoms with Gasteiger partial charge in [0.05, 0.1) is 6.61 Å². The third-order valence-corrected chi connectivity index (χ3v) is 4.37. The molecule has 0 rings (SSSR count). The molecule has 1 unspecified atom stereocenters. The van der Waals surface area contributed by atoms with E-state index in [0.29, 0.717) is 12.5 Å². The Hall–Kier alpha value is -1.41. The summed E-state index contributed by atoms with van der Waals surface area (Å²) in [5, 5.41) is 0.763. The Morgan fingerprint density at radius 3 is 1.73 bits per heavy atom. The van der Waals surface area contributed by atoms with Gasteiger partial charge in [-0.2, -0.15) is 0 Å². The maximum atomic E-state index is 5.45. The molecule has 0 spiro atoms. The van der Waals surface area contributed by atoms with E-state index in [-0.39, 0.29) is 0 Å². The van der Waals surface area contributed by atoms with Crippen LogP contribution in [0, 0.1) is 5.92 Å². The topological polar surface area (TPSA) is 9.23 Å². The molecule has 0 aromatic carbocycles. The zero-order valence-corrected chi connectivity index (χ0v) is 17.8. The fourth-order valence-corrected chi connectivity index (χ4v) is 2.74. The molecule has 146 valence electrons. The summed E-state index contributed by atoms with van der Waals surface area (Å²) in [5.74, 6) is 0.374. The number of hydrogen-bond donors (Lipinski definition) is 0. The molecular formula is C24H38OS. The van der Waals surface area contributed by atoms with Gasteiger partial charge in [-0.1, -0.05) is 74.6 Å². The van der Waals surface area contributed by atoms with Crippen molar-refractivity contribution < 1.29 is 4.74 Å². The molecule has 2 heteroatoms. The van der Waals surface area contributed by atoms with Crippen molar-refractivity contribution in [2.75, 3.05) is 6.61 Å². The zero-order chi connectivity index (χ0) is 19.3. The van der Waals surface area contributed by atoms with Gasteiger partial charge in [0.15, 0.2) is 5.05 Å². The maximum absolute atomic E-state index is 5.45. The molecule has 0 amide bonds. The van der Waals surface area contributed by atoms with Crippen molar-refractivity contribution in [1.82, 2.24) is 0 Å². The van der Waals surface area contributed by atoms with Gasteiger partial charge in [0, 0.05) is 5.92 Å². The van der Waals surface area contributed by atoms with E-state index in [0.717, 1.165) is 56.4 Å². The first-order valence-electron chi connectivity index (χ1n) is 10.2. The molecule has 0 bridgehead atoms. The molecule has 1 nitrogen and oxygen atoms in total. The highest BCUT2D eigenvalue weighted by molar-refractivity contribution is 7.80. The molecule has 0 heterocycles. The summed E-state index contributed by atoms with van der Waals surface area (Å²) in [6, 6.07) is 0. The van der Waals surface area contributed by atoms with Crippen LogP contribution in [0.4, 0.5) is 0 Å². The van der Waals surface area contributed by atoms with Crippen molar-refractivity contribution >= 4 is 17.3 Å². The van der Waals surface area contributed by atoms with E-state index >= 15 is 0 Å². The van der Waals surface area contributed by atoms with E-state index in [9.17, 15) is 0 Å². The van der Waals surface area contributed by atoms with Gasteiger partial charge in [-0.15, -0.1) is 0 Å². The molecule has 0 N–H and O–H groups in total. The summed E-state index contributed by atoms with van der Waals surface area (Å²) in [6.45, 7) is 6.98. The Morgan fingerprint density at radius 1 is 0.731 bits per heavy atom. The van der Waals surface area contributed by atoms with E-state index in [1.54, 1.807) is 0 Å². The molecule has 0 aromatic heterocycles. The second-order valence-electron chi connectivity index (χ2n) is 6.14.